The fourth-order valence-corrected chi connectivity index (χ4v) is 3.56. The second-order valence-corrected chi connectivity index (χ2v) is 6.30. The van der Waals surface area contributed by atoms with Crippen molar-refractivity contribution in [1.82, 2.24) is 19.5 Å². The van der Waals surface area contributed by atoms with Crippen molar-refractivity contribution in [1.29, 1.82) is 0 Å². The average Bonchev–Trinajstić information content (AvgIpc) is 3.29. The number of nitrogens with one attached hydrogen (secondary N) is 1. The molecule has 3 aromatic rings. The smallest absolute Gasteiger partial charge is 0.157 e. The van der Waals surface area contributed by atoms with Crippen LogP contribution in [0.1, 0.15) is 19.8 Å². The molecular formula is C19H23N5. The highest BCUT2D eigenvalue weighted by Gasteiger charge is 2.22. The molecular weight excluding hydrogens is 298 g/mol. The first-order valence-corrected chi connectivity index (χ1v) is 8.73. The molecule has 1 aromatic carbocycles. The van der Waals surface area contributed by atoms with Crippen molar-refractivity contribution in [2.75, 3.05) is 25.0 Å². The highest BCUT2D eigenvalue weighted by atomic mass is 15.3. The predicted molar refractivity (Wildman–Crippen MR) is 97.2 cm³/mol. The van der Waals surface area contributed by atoms with Crippen LogP contribution < -0.4 is 5.32 Å². The van der Waals surface area contributed by atoms with Crippen molar-refractivity contribution in [2.24, 2.45) is 0 Å². The monoisotopic (exact) mass is 321 g/mol. The van der Waals surface area contributed by atoms with Gasteiger partial charge in [0.15, 0.2) is 5.65 Å². The van der Waals surface area contributed by atoms with Gasteiger partial charge in [0, 0.05) is 30.3 Å². The van der Waals surface area contributed by atoms with Gasteiger partial charge in [-0.15, -0.1) is 0 Å². The van der Waals surface area contributed by atoms with E-state index < -0.39 is 0 Å². The second-order valence-electron chi connectivity index (χ2n) is 6.30. The molecule has 0 saturated carbocycles. The molecule has 3 heterocycles. The van der Waals surface area contributed by atoms with E-state index >= 15 is 0 Å². The van der Waals surface area contributed by atoms with E-state index in [9.17, 15) is 0 Å². The molecule has 1 unspecified atom stereocenters. The van der Waals surface area contributed by atoms with Gasteiger partial charge in [0.1, 0.15) is 5.82 Å². The lowest BCUT2D eigenvalue weighted by atomic mass is 10.1. The largest absolute Gasteiger partial charge is 0.368 e. The van der Waals surface area contributed by atoms with Crippen LogP contribution in [-0.2, 0) is 0 Å². The Morgan fingerprint density at radius 1 is 1.21 bits per heavy atom. The topological polar surface area (TPSA) is 45.5 Å². The zero-order chi connectivity index (χ0) is 16.4. The van der Waals surface area contributed by atoms with Gasteiger partial charge in [0.25, 0.3) is 0 Å². The van der Waals surface area contributed by atoms with Crippen LogP contribution in [-0.4, -0.2) is 45.2 Å². The molecule has 0 amide bonds. The molecule has 1 saturated heterocycles. The maximum absolute atomic E-state index is 4.73. The highest BCUT2D eigenvalue weighted by molar-refractivity contribution is 5.66. The molecule has 0 bridgehead atoms. The Balaban J connectivity index is 1.63. The van der Waals surface area contributed by atoms with Crippen LogP contribution in [0.5, 0.6) is 0 Å². The summed E-state index contributed by atoms with van der Waals surface area (Å²) < 4.78 is 1.89. The predicted octanol–water partition coefficient (Wildman–Crippen LogP) is 3.29. The van der Waals surface area contributed by atoms with Crippen LogP contribution in [0.3, 0.4) is 0 Å². The summed E-state index contributed by atoms with van der Waals surface area (Å²) in [7, 11) is 0. The number of fused-ring (bicyclic) bond motifs is 1. The Kier molecular flexibility index (Phi) is 4.17. The first kappa shape index (κ1) is 15.1. The molecule has 124 valence electrons. The van der Waals surface area contributed by atoms with E-state index in [0.29, 0.717) is 6.04 Å². The molecule has 4 rings (SSSR count). The van der Waals surface area contributed by atoms with Crippen molar-refractivity contribution in [3.05, 3.63) is 48.7 Å². The van der Waals surface area contributed by atoms with E-state index in [1.165, 1.54) is 19.4 Å². The minimum absolute atomic E-state index is 0.606. The van der Waals surface area contributed by atoms with E-state index in [2.05, 4.69) is 40.4 Å². The molecule has 1 aliphatic heterocycles. The fraction of sp³-hybridized carbons (Fsp3) is 0.368. The maximum Gasteiger partial charge on any atom is 0.157 e. The van der Waals surface area contributed by atoms with Gasteiger partial charge < -0.3 is 5.32 Å². The number of anilines is 1. The van der Waals surface area contributed by atoms with Gasteiger partial charge in [0.2, 0.25) is 0 Å². The van der Waals surface area contributed by atoms with E-state index in [0.717, 1.165) is 35.8 Å². The molecule has 0 spiro atoms. The van der Waals surface area contributed by atoms with Gasteiger partial charge in [0.05, 0.1) is 11.9 Å². The van der Waals surface area contributed by atoms with E-state index in [1.807, 2.05) is 28.8 Å². The standard InChI is InChI=1S/C19H23N5/c1-2-23-12-6-9-16(23)14-20-19-13-17(15-7-4-3-5-8-15)22-18-10-11-21-24(18)19/h3-5,7-8,10-11,13,16,20H,2,6,9,12,14H2,1H3. The molecule has 24 heavy (non-hydrogen) atoms. The van der Waals surface area contributed by atoms with Gasteiger partial charge in [-0.2, -0.15) is 9.61 Å². The first-order chi connectivity index (χ1) is 11.8. The van der Waals surface area contributed by atoms with Gasteiger partial charge >= 0.3 is 0 Å². The summed E-state index contributed by atoms with van der Waals surface area (Å²) in [6, 6.07) is 15.0. The van der Waals surface area contributed by atoms with Crippen molar-refractivity contribution >= 4 is 11.5 Å². The van der Waals surface area contributed by atoms with Crippen LogP contribution in [0.25, 0.3) is 16.9 Å². The lowest BCUT2D eigenvalue weighted by Gasteiger charge is -2.23. The van der Waals surface area contributed by atoms with E-state index in [1.54, 1.807) is 6.20 Å². The molecule has 5 nitrogen and oxygen atoms in total. The number of likely N-dealkylation sites (N-methyl/N-ethyl adjacent to an activating group) is 1. The van der Waals surface area contributed by atoms with Crippen molar-refractivity contribution in [3.63, 3.8) is 0 Å². The molecule has 0 radical (unpaired) electrons. The molecule has 1 N–H and O–H groups in total. The molecule has 1 fully saturated rings. The second kappa shape index (κ2) is 6.61. The minimum Gasteiger partial charge on any atom is -0.368 e. The van der Waals surface area contributed by atoms with Gasteiger partial charge in [-0.1, -0.05) is 37.3 Å². The molecule has 2 aromatic heterocycles. The first-order valence-electron chi connectivity index (χ1n) is 8.73. The number of hydrogen-bond donors (Lipinski definition) is 1. The van der Waals surface area contributed by atoms with Gasteiger partial charge in [-0.3, -0.25) is 4.90 Å². The number of aromatic nitrogens is 3. The Morgan fingerprint density at radius 3 is 2.92 bits per heavy atom. The molecule has 0 aliphatic carbocycles. The summed E-state index contributed by atoms with van der Waals surface area (Å²) >= 11 is 0. The third-order valence-electron chi connectivity index (χ3n) is 4.85. The Bertz CT molecular complexity index is 811. The summed E-state index contributed by atoms with van der Waals surface area (Å²) in [5.41, 5.74) is 2.97. The Hall–Kier alpha value is -2.40. The van der Waals surface area contributed by atoms with Crippen LogP contribution in [0, 0.1) is 0 Å². The molecule has 5 heteroatoms. The van der Waals surface area contributed by atoms with E-state index in [4.69, 9.17) is 4.98 Å². The van der Waals surface area contributed by atoms with Crippen LogP contribution in [0.2, 0.25) is 0 Å². The Labute approximate surface area is 142 Å². The third-order valence-corrected chi connectivity index (χ3v) is 4.85. The quantitative estimate of drug-likeness (QED) is 0.783. The normalized spacial score (nSPS) is 18.3. The zero-order valence-corrected chi connectivity index (χ0v) is 14.0. The third kappa shape index (κ3) is 2.87. The van der Waals surface area contributed by atoms with Crippen molar-refractivity contribution in [3.8, 4) is 11.3 Å². The lowest BCUT2D eigenvalue weighted by Crippen LogP contribution is -2.35. The number of rotatable bonds is 5. The minimum atomic E-state index is 0.606. The fourth-order valence-electron chi connectivity index (χ4n) is 3.56. The average molecular weight is 321 g/mol. The summed E-state index contributed by atoms with van der Waals surface area (Å²) in [6.45, 7) is 5.52. The van der Waals surface area contributed by atoms with Crippen LogP contribution in [0.4, 0.5) is 5.82 Å². The van der Waals surface area contributed by atoms with E-state index in [-0.39, 0.29) is 0 Å². The van der Waals surface area contributed by atoms with Crippen molar-refractivity contribution < 1.29 is 0 Å². The van der Waals surface area contributed by atoms with Gasteiger partial charge in [-0.05, 0) is 25.9 Å². The zero-order valence-electron chi connectivity index (χ0n) is 14.0. The summed E-state index contributed by atoms with van der Waals surface area (Å²) in [4.78, 5) is 7.28. The van der Waals surface area contributed by atoms with Gasteiger partial charge in [-0.25, -0.2) is 4.98 Å². The summed E-state index contributed by atoms with van der Waals surface area (Å²) in [6.07, 6.45) is 4.36. The highest BCUT2D eigenvalue weighted by Crippen LogP contribution is 2.23. The summed E-state index contributed by atoms with van der Waals surface area (Å²) in [5.74, 6) is 1.01. The van der Waals surface area contributed by atoms with Crippen LogP contribution in [0.15, 0.2) is 48.7 Å². The van der Waals surface area contributed by atoms with Crippen molar-refractivity contribution in [2.45, 2.75) is 25.8 Å². The SMILES string of the molecule is CCN1CCCC1CNc1cc(-c2ccccc2)nc2ccnn12. The molecule has 1 aliphatic rings. The van der Waals surface area contributed by atoms with Crippen LogP contribution >= 0.6 is 0 Å². The lowest BCUT2D eigenvalue weighted by molar-refractivity contribution is 0.277. The number of nitrogens with zero attached hydrogens (tertiary/aromatic N) is 4. The summed E-state index contributed by atoms with van der Waals surface area (Å²) in [5, 5.41) is 8.02. The number of likely N-dealkylation sites (tertiary alicyclic amines) is 1. The Morgan fingerprint density at radius 2 is 2.08 bits per heavy atom. The molecule has 1 atom stereocenters. The maximum atomic E-state index is 4.73. The number of benzene rings is 1. The number of hydrogen-bond acceptors (Lipinski definition) is 4.